The molecule has 0 N–H and O–H groups in total. The van der Waals surface area contributed by atoms with Gasteiger partial charge < -0.3 is 4.74 Å². The molecule has 1 aromatic carbocycles. The number of halogens is 2. The Bertz CT molecular complexity index is 571. The number of hydrazone groups is 1. The summed E-state index contributed by atoms with van der Waals surface area (Å²) in [6.07, 6.45) is -0.903. The third kappa shape index (κ3) is 5.43. The highest BCUT2D eigenvalue weighted by atomic mass is 19.3. The van der Waals surface area contributed by atoms with Gasteiger partial charge in [0.15, 0.2) is 0 Å². The normalized spacial score (nSPS) is 11.8. The van der Waals surface area contributed by atoms with E-state index in [0.717, 1.165) is 16.8 Å². The van der Waals surface area contributed by atoms with E-state index in [1.807, 2.05) is 18.2 Å². The summed E-state index contributed by atoms with van der Waals surface area (Å²) < 4.78 is 29.6. The van der Waals surface area contributed by atoms with Gasteiger partial charge in [-0.1, -0.05) is 30.3 Å². The van der Waals surface area contributed by atoms with Crippen molar-refractivity contribution >= 4 is 18.0 Å². The Morgan fingerprint density at radius 1 is 1.32 bits per heavy atom. The van der Waals surface area contributed by atoms with Gasteiger partial charge >= 0.3 is 12.4 Å². The van der Waals surface area contributed by atoms with Crippen LogP contribution < -0.4 is 0 Å². The van der Waals surface area contributed by atoms with Crippen molar-refractivity contribution < 1.29 is 23.1 Å². The maximum absolute atomic E-state index is 12.5. The number of hydrogen-bond donors (Lipinski definition) is 0. The first-order valence-electron chi connectivity index (χ1n) is 6.48. The fourth-order valence-corrected chi connectivity index (χ4v) is 1.46. The van der Waals surface area contributed by atoms with Crippen LogP contribution in [0.4, 0.5) is 8.78 Å². The van der Waals surface area contributed by atoms with Gasteiger partial charge in [0, 0.05) is 13.2 Å². The zero-order valence-electron chi connectivity index (χ0n) is 12.2. The van der Waals surface area contributed by atoms with Crippen LogP contribution in [-0.4, -0.2) is 43.1 Å². The SMILES string of the molecule is CCOC(=O)C(=CN(C)N=Cc1ccccc1)C(=O)C(F)F. The molecule has 0 unspecified atom stereocenters. The first-order chi connectivity index (χ1) is 10.5. The predicted molar refractivity (Wildman–Crippen MR) is 77.5 cm³/mol. The van der Waals surface area contributed by atoms with Gasteiger partial charge in [-0.05, 0) is 12.5 Å². The number of alkyl halides is 2. The van der Waals surface area contributed by atoms with Crippen molar-refractivity contribution in [3.8, 4) is 0 Å². The number of ether oxygens (including phenoxy) is 1. The zero-order valence-corrected chi connectivity index (χ0v) is 12.2. The number of benzene rings is 1. The van der Waals surface area contributed by atoms with E-state index < -0.39 is 23.8 Å². The van der Waals surface area contributed by atoms with Crippen molar-refractivity contribution in [2.75, 3.05) is 13.7 Å². The van der Waals surface area contributed by atoms with E-state index in [4.69, 9.17) is 0 Å². The molecule has 118 valence electrons. The van der Waals surface area contributed by atoms with Crippen molar-refractivity contribution in [2.24, 2.45) is 5.10 Å². The standard InChI is InChI=1S/C15H16F2N2O3/c1-3-22-15(21)12(13(20)14(16)17)10-19(2)18-9-11-7-5-4-6-8-11/h4-10,14H,3H2,1-2H3. The fourth-order valence-electron chi connectivity index (χ4n) is 1.46. The molecule has 1 aromatic rings. The molecule has 1 rings (SSSR count). The number of ketones is 1. The number of Topliss-reactive ketones (excluding diaryl/α,β-unsaturated/α-hetero) is 1. The Morgan fingerprint density at radius 3 is 2.50 bits per heavy atom. The zero-order chi connectivity index (χ0) is 16.5. The van der Waals surface area contributed by atoms with Crippen LogP contribution >= 0.6 is 0 Å². The molecule has 0 aromatic heterocycles. The molecule has 0 aliphatic rings. The van der Waals surface area contributed by atoms with Gasteiger partial charge in [0.05, 0.1) is 12.8 Å². The van der Waals surface area contributed by atoms with Crippen molar-refractivity contribution in [3.63, 3.8) is 0 Å². The van der Waals surface area contributed by atoms with Crippen LogP contribution in [0.25, 0.3) is 0 Å². The Morgan fingerprint density at radius 2 is 1.95 bits per heavy atom. The lowest BCUT2D eigenvalue weighted by Gasteiger charge is -2.10. The predicted octanol–water partition coefficient (Wildman–Crippen LogP) is 2.23. The van der Waals surface area contributed by atoms with Gasteiger partial charge in [-0.3, -0.25) is 9.80 Å². The van der Waals surface area contributed by atoms with E-state index in [-0.39, 0.29) is 6.61 Å². The van der Waals surface area contributed by atoms with Gasteiger partial charge in [-0.25, -0.2) is 13.6 Å². The van der Waals surface area contributed by atoms with Gasteiger partial charge in [-0.15, -0.1) is 0 Å². The maximum Gasteiger partial charge on any atom is 0.343 e. The Labute approximate surface area is 126 Å². The lowest BCUT2D eigenvalue weighted by Crippen LogP contribution is -2.23. The number of hydrogen-bond acceptors (Lipinski definition) is 5. The van der Waals surface area contributed by atoms with Crippen LogP contribution in [0.1, 0.15) is 12.5 Å². The highest BCUT2D eigenvalue weighted by Gasteiger charge is 2.27. The minimum absolute atomic E-state index is 0.0241. The van der Waals surface area contributed by atoms with Crippen molar-refractivity contribution in [2.45, 2.75) is 13.3 Å². The number of carbonyl (C=O) groups excluding carboxylic acids is 2. The maximum atomic E-state index is 12.5. The third-order valence-corrected chi connectivity index (χ3v) is 2.46. The molecule has 0 amide bonds. The van der Waals surface area contributed by atoms with Crippen LogP contribution in [0, 0.1) is 0 Å². The smallest absolute Gasteiger partial charge is 0.343 e. The largest absolute Gasteiger partial charge is 0.462 e. The quantitative estimate of drug-likeness (QED) is 0.193. The van der Waals surface area contributed by atoms with E-state index in [0.29, 0.717) is 0 Å². The van der Waals surface area contributed by atoms with Gasteiger partial charge in [0.25, 0.3) is 0 Å². The highest BCUT2D eigenvalue weighted by molar-refractivity contribution is 6.18. The van der Waals surface area contributed by atoms with E-state index in [1.54, 1.807) is 12.1 Å². The summed E-state index contributed by atoms with van der Waals surface area (Å²) in [5, 5.41) is 5.04. The second-order valence-electron chi connectivity index (χ2n) is 4.16. The van der Waals surface area contributed by atoms with E-state index in [1.165, 1.54) is 20.2 Å². The molecule has 0 aliphatic heterocycles. The molecule has 0 saturated heterocycles. The summed E-state index contributed by atoms with van der Waals surface area (Å²) in [5.74, 6) is -2.70. The van der Waals surface area contributed by atoms with Crippen LogP contribution in [0.5, 0.6) is 0 Å². The molecule has 0 heterocycles. The van der Waals surface area contributed by atoms with Crippen molar-refractivity contribution in [1.82, 2.24) is 5.01 Å². The van der Waals surface area contributed by atoms with E-state index in [2.05, 4.69) is 9.84 Å². The summed E-state index contributed by atoms with van der Waals surface area (Å²) in [4.78, 5) is 22.9. The summed E-state index contributed by atoms with van der Waals surface area (Å²) in [7, 11) is 1.41. The molecular formula is C15H16F2N2O3. The van der Waals surface area contributed by atoms with Crippen LogP contribution in [0.15, 0.2) is 47.2 Å². The average Bonchev–Trinajstić information content (AvgIpc) is 2.51. The van der Waals surface area contributed by atoms with E-state index >= 15 is 0 Å². The molecule has 0 fully saturated rings. The molecule has 0 spiro atoms. The molecule has 7 heteroatoms. The molecular weight excluding hydrogens is 294 g/mol. The Kier molecular flexibility index (Phi) is 6.88. The van der Waals surface area contributed by atoms with Crippen molar-refractivity contribution in [3.05, 3.63) is 47.7 Å². The second kappa shape index (κ2) is 8.66. The third-order valence-electron chi connectivity index (χ3n) is 2.46. The number of nitrogens with zero attached hydrogens (tertiary/aromatic N) is 2. The van der Waals surface area contributed by atoms with Gasteiger partial charge in [0.2, 0.25) is 5.78 Å². The van der Waals surface area contributed by atoms with E-state index in [9.17, 15) is 18.4 Å². The molecule has 22 heavy (non-hydrogen) atoms. The monoisotopic (exact) mass is 310 g/mol. The molecule has 0 atom stereocenters. The topological polar surface area (TPSA) is 59.0 Å². The molecule has 5 nitrogen and oxygen atoms in total. The molecule has 0 radical (unpaired) electrons. The molecule has 0 bridgehead atoms. The van der Waals surface area contributed by atoms with Gasteiger partial charge in [0.1, 0.15) is 5.57 Å². The number of rotatable bonds is 7. The van der Waals surface area contributed by atoms with Crippen molar-refractivity contribution in [1.29, 1.82) is 0 Å². The lowest BCUT2D eigenvalue weighted by atomic mass is 10.2. The summed E-state index contributed by atoms with van der Waals surface area (Å²) in [5.41, 5.74) is 0.0326. The van der Waals surface area contributed by atoms with Crippen LogP contribution in [0.2, 0.25) is 0 Å². The second-order valence-corrected chi connectivity index (χ2v) is 4.16. The molecule has 0 aliphatic carbocycles. The highest BCUT2D eigenvalue weighted by Crippen LogP contribution is 2.09. The molecule has 0 saturated carbocycles. The lowest BCUT2D eigenvalue weighted by molar-refractivity contribution is -0.141. The summed E-state index contributed by atoms with van der Waals surface area (Å²) >= 11 is 0. The average molecular weight is 310 g/mol. The Balaban J connectivity index is 2.92. The summed E-state index contributed by atoms with van der Waals surface area (Å²) in [6, 6.07) is 9.03. The van der Waals surface area contributed by atoms with Gasteiger partial charge in [-0.2, -0.15) is 5.10 Å². The number of carbonyl (C=O) groups is 2. The first-order valence-corrected chi connectivity index (χ1v) is 6.48. The fraction of sp³-hybridized carbons (Fsp3) is 0.267. The number of esters is 1. The first kappa shape index (κ1) is 17.5. The van der Waals surface area contributed by atoms with Crippen LogP contribution in [0.3, 0.4) is 0 Å². The minimum atomic E-state index is -3.29. The summed E-state index contributed by atoms with van der Waals surface area (Å²) in [6.45, 7) is 1.49. The Hall–Kier alpha value is -2.57. The van der Waals surface area contributed by atoms with Crippen LogP contribution in [-0.2, 0) is 14.3 Å². The minimum Gasteiger partial charge on any atom is -0.462 e.